The van der Waals surface area contributed by atoms with E-state index in [1.165, 1.54) is 18.2 Å². The molecule has 1 aromatic rings. The Labute approximate surface area is 129 Å². The van der Waals surface area contributed by atoms with Crippen LogP contribution < -0.4 is 5.32 Å². The number of benzene rings is 1. The van der Waals surface area contributed by atoms with Gasteiger partial charge in [0.2, 0.25) is 0 Å². The minimum atomic E-state index is -3.67. The second kappa shape index (κ2) is 6.62. The van der Waals surface area contributed by atoms with Crippen LogP contribution >= 0.6 is 0 Å². The Balaban J connectivity index is 2.13. The zero-order chi connectivity index (χ0) is 16.3. The van der Waals surface area contributed by atoms with E-state index in [1.54, 1.807) is 0 Å². The molecule has 0 aliphatic heterocycles. The highest BCUT2D eigenvalue weighted by Crippen LogP contribution is 2.28. The molecule has 1 saturated carbocycles. The van der Waals surface area contributed by atoms with E-state index in [9.17, 15) is 23.6 Å². The van der Waals surface area contributed by atoms with Crippen molar-refractivity contribution in [1.29, 1.82) is 0 Å². The van der Waals surface area contributed by atoms with Crippen molar-refractivity contribution in [3.63, 3.8) is 0 Å². The number of nitrogens with one attached hydrogen (secondary N) is 1. The van der Waals surface area contributed by atoms with Crippen molar-refractivity contribution in [1.82, 2.24) is 0 Å². The van der Waals surface area contributed by atoms with Crippen LogP contribution in [0.1, 0.15) is 25.7 Å². The predicted molar refractivity (Wildman–Crippen MR) is 82.7 cm³/mol. The lowest BCUT2D eigenvalue weighted by molar-refractivity contribution is -0.387. The summed E-state index contributed by atoms with van der Waals surface area (Å²) >= 11 is 0. The van der Waals surface area contributed by atoms with Crippen molar-refractivity contribution in [2.75, 3.05) is 18.1 Å². The van der Waals surface area contributed by atoms with E-state index in [2.05, 4.69) is 5.32 Å². The third-order valence-electron chi connectivity index (χ3n) is 3.91. The van der Waals surface area contributed by atoms with Gasteiger partial charge in [-0.3, -0.25) is 10.1 Å². The van der Waals surface area contributed by atoms with Gasteiger partial charge in [-0.15, -0.1) is 0 Å². The number of hydrogen-bond donors (Lipinski definition) is 2. The molecule has 0 saturated heterocycles. The van der Waals surface area contributed by atoms with Gasteiger partial charge in [-0.25, -0.2) is 8.42 Å². The first kappa shape index (κ1) is 16.7. The van der Waals surface area contributed by atoms with Crippen molar-refractivity contribution < 1.29 is 18.4 Å². The first-order valence-corrected chi connectivity index (χ1v) is 9.07. The molecular formula is C14H20N2O5S. The molecule has 2 unspecified atom stereocenters. The average molecular weight is 328 g/mol. The number of nitro benzene ring substituents is 1. The monoisotopic (exact) mass is 328 g/mol. The maximum Gasteiger partial charge on any atom is 0.288 e. The highest BCUT2D eigenvalue weighted by Gasteiger charge is 2.23. The van der Waals surface area contributed by atoms with E-state index in [-0.39, 0.29) is 11.0 Å². The highest BCUT2D eigenvalue weighted by molar-refractivity contribution is 7.90. The first-order valence-electron chi connectivity index (χ1n) is 7.18. The zero-order valence-electron chi connectivity index (χ0n) is 12.4. The second-order valence-corrected chi connectivity index (χ2v) is 7.76. The number of rotatable bonds is 5. The third kappa shape index (κ3) is 4.17. The van der Waals surface area contributed by atoms with Gasteiger partial charge in [-0.1, -0.05) is 6.42 Å². The van der Waals surface area contributed by atoms with Crippen molar-refractivity contribution in [3.8, 4) is 0 Å². The van der Waals surface area contributed by atoms with Crippen LogP contribution in [-0.4, -0.2) is 37.4 Å². The maximum atomic E-state index is 11.7. The molecule has 2 N–H and O–H groups in total. The number of nitrogens with zero attached hydrogens (tertiary/aromatic N) is 1. The number of aliphatic hydroxyl groups is 1. The van der Waals surface area contributed by atoms with E-state index < -0.39 is 20.4 Å². The largest absolute Gasteiger partial charge is 0.393 e. The Hall–Kier alpha value is -1.67. The van der Waals surface area contributed by atoms with Crippen molar-refractivity contribution in [3.05, 3.63) is 28.3 Å². The lowest BCUT2D eigenvalue weighted by Crippen LogP contribution is -2.25. The minimum Gasteiger partial charge on any atom is -0.393 e. The summed E-state index contributed by atoms with van der Waals surface area (Å²) in [6.45, 7) is 0.609. The van der Waals surface area contributed by atoms with E-state index in [4.69, 9.17) is 0 Å². The van der Waals surface area contributed by atoms with Gasteiger partial charge in [0.05, 0.1) is 11.0 Å². The summed E-state index contributed by atoms with van der Waals surface area (Å²) in [6, 6.07) is 4.01. The quantitative estimate of drug-likeness (QED) is 0.631. The number of aliphatic hydroxyl groups excluding tert-OH is 1. The molecule has 7 nitrogen and oxygen atoms in total. The number of nitro groups is 1. The Morgan fingerprint density at radius 1 is 1.41 bits per heavy atom. The summed E-state index contributed by atoms with van der Waals surface area (Å²) in [7, 11) is -3.67. The van der Waals surface area contributed by atoms with Crippen LogP contribution in [0.4, 0.5) is 11.4 Å². The molecule has 0 heterocycles. The molecule has 2 atom stereocenters. The van der Waals surface area contributed by atoms with E-state index in [0.29, 0.717) is 18.2 Å². The van der Waals surface area contributed by atoms with Gasteiger partial charge in [0.25, 0.3) is 5.69 Å². The molecule has 0 radical (unpaired) electrons. The van der Waals surface area contributed by atoms with Crippen LogP contribution in [0.5, 0.6) is 0 Å². The lowest BCUT2D eigenvalue weighted by Gasteiger charge is -2.26. The van der Waals surface area contributed by atoms with Gasteiger partial charge >= 0.3 is 0 Å². The molecular weight excluding hydrogens is 308 g/mol. The fraction of sp³-hybridized carbons (Fsp3) is 0.571. The predicted octanol–water partition coefficient (Wildman–Crippen LogP) is 1.96. The topological polar surface area (TPSA) is 110 Å². The lowest BCUT2D eigenvalue weighted by atomic mass is 9.87. The molecule has 1 fully saturated rings. The zero-order valence-corrected chi connectivity index (χ0v) is 13.2. The Morgan fingerprint density at radius 2 is 2.14 bits per heavy atom. The van der Waals surface area contributed by atoms with Crippen LogP contribution in [0.3, 0.4) is 0 Å². The molecule has 0 amide bonds. The summed E-state index contributed by atoms with van der Waals surface area (Å²) in [5.41, 5.74) is 0.118. The normalized spacial score (nSPS) is 22.3. The fourth-order valence-corrected chi connectivity index (χ4v) is 3.65. The molecule has 1 aliphatic rings. The van der Waals surface area contributed by atoms with Gasteiger partial charge in [0.1, 0.15) is 4.90 Å². The van der Waals surface area contributed by atoms with Crippen molar-refractivity contribution >= 4 is 21.2 Å². The summed E-state index contributed by atoms with van der Waals surface area (Å²) in [5, 5.41) is 23.7. The Kier molecular flexibility index (Phi) is 5.02. The van der Waals surface area contributed by atoms with Crippen LogP contribution in [0.25, 0.3) is 0 Å². The number of anilines is 1. The molecule has 0 spiro atoms. The summed E-state index contributed by atoms with van der Waals surface area (Å²) in [5.74, 6) is 0.320. The van der Waals surface area contributed by atoms with Gasteiger partial charge in [0, 0.05) is 24.6 Å². The van der Waals surface area contributed by atoms with Crippen LogP contribution in [0, 0.1) is 16.0 Å². The van der Waals surface area contributed by atoms with E-state index in [0.717, 1.165) is 31.9 Å². The second-order valence-electron chi connectivity index (χ2n) is 5.78. The smallest absolute Gasteiger partial charge is 0.288 e. The summed E-state index contributed by atoms with van der Waals surface area (Å²) in [6.07, 6.45) is 4.21. The van der Waals surface area contributed by atoms with Crippen molar-refractivity contribution in [2.45, 2.75) is 36.7 Å². The van der Waals surface area contributed by atoms with Crippen LogP contribution in [-0.2, 0) is 9.84 Å². The Bertz CT molecular complexity index is 659. The van der Waals surface area contributed by atoms with Gasteiger partial charge in [-0.2, -0.15) is 0 Å². The highest BCUT2D eigenvalue weighted by atomic mass is 32.2. The summed E-state index contributed by atoms with van der Waals surface area (Å²) < 4.78 is 23.4. The van der Waals surface area contributed by atoms with Gasteiger partial charge in [0.15, 0.2) is 9.84 Å². The van der Waals surface area contributed by atoms with Crippen molar-refractivity contribution in [2.24, 2.45) is 5.92 Å². The summed E-state index contributed by atoms with van der Waals surface area (Å²) in [4.78, 5) is 9.93. The standard InChI is InChI=1S/C14H20N2O5S/c1-22(20,21)14-8-11(5-6-13(14)16(18)19)15-9-10-3-2-4-12(17)7-10/h5-6,8,10,12,15,17H,2-4,7,9H2,1H3. The maximum absolute atomic E-state index is 11.7. The molecule has 0 bridgehead atoms. The SMILES string of the molecule is CS(=O)(=O)c1cc(NCC2CCCC(O)C2)ccc1[N+](=O)[O-]. The van der Waals surface area contributed by atoms with Crippen LogP contribution in [0.15, 0.2) is 23.1 Å². The first-order chi connectivity index (χ1) is 10.3. The molecule has 8 heteroatoms. The number of hydrogen-bond acceptors (Lipinski definition) is 6. The van der Waals surface area contributed by atoms with E-state index >= 15 is 0 Å². The van der Waals surface area contributed by atoms with E-state index in [1.807, 2.05) is 0 Å². The van der Waals surface area contributed by atoms with Gasteiger partial charge in [-0.05, 0) is 37.3 Å². The third-order valence-corrected chi connectivity index (χ3v) is 5.03. The van der Waals surface area contributed by atoms with Crippen LogP contribution in [0.2, 0.25) is 0 Å². The Morgan fingerprint density at radius 3 is 2.73 bits per heavy atom. The molecule has 0 aromatic heterocycles. The number of sulfone groups is 1. The fourth-order valence-electron chi connectivity index (χ4n) is 2.78. The molecule has 1 aromatic carbocycles. The minimum absolute atomic E-state index is 0.274. The average Bonchev–Trinajstić information content (AvgIpc) is 2.44. The van der Waals surface area contributed by atoms with Gasteiger partial charge < -0.3 is 10.4 Å². The molecule has 122 valence electrons. The molecule has 22 heavy (non-hydrogen) atoms. The molecule has 2 rings (SSSR count). The molecule has 1 aliphatic carbocycles.